The van der Waals surface area contributed by atoms with Crippen molar-refractivity contribution in [1.29, 1.82) is 0 Å². The maximum atomic E-state index is 13.6. The van der Waals surface area contributed by atoms with Gasteiger partial charge >= 0.3 is 6.03 Å². The number of carbonyl (C=O) groups excluding carboxylic acids is 2. The fourth-order valence-corrected chi connectivity index (χ4v) is 4.53. The van der Waals surface area contributed by atoms with E-state index in [1.807, 2.05) is 71.5 Å². The first-order valence-electron chi connectivity index (χ1n) is 10.6. The van der Waals surface area contributed by atoms with E-state index in [0.717, 1.165) is 16.9 Å². The predicted octanol–water partition coefficient (Wildman–Crippen LogP) is 2.85. The molecule has 0 saturated carbocycles. The summed E-state index contributed by atoms with van der Waals surface area (Å²) in [6, 6.07) is 14.0. The second kappa shape index (κ2) is 7.84. The van der Waals surface area contributed by atoms with E-state index in [-0.39, 0.29) is 18.5 Å². The molecule has 3 amide bonds. The Labute approximate surface area is 192 Å². The van der Waals surface area contributed by atoms with Crippen LogP contribution in [0.5, 0.6) is 11.5 Å². The number of nitrogens with zero attached hydrogens (tertiary/aromatic N) is 5. The number of imide groups is 1. The van der Waals surface area contributed by atoms with Gasteiger partial charge in [0.1, 0.15) is 11.5 Å². The number of likely N-dealkylation sites (N-methyl/N-ethyl adjacent to an activating group) is 1. The molecule has 2 aromatic rings. The average molecular weight is 447 g/mol. The Kier molecular flexibility index (Phi) is 4.96. The molecule has 1 saturated heterocycles. The first kappa shape index (κ1) is 20.9. The van der Waals surface area contributed by atoms with Crippen molar-refractivity contribution in [2.45, 2.75) is 25.7 Å². The Bertz CT molecular complexity index is 1180. The average Bonchev–Trinajstić information content (AvgIpc) is 3.35. The molecule has 0 aliphatic carbocycles. The molecular weight excluding hydrogens is 422 g/mol. The number of urea groups is 1. The highest BCUT2D eigenvalue weighted by molar-refractivity contribution is 6.10. The molecule has 3 aliphatic rings. The summed E-state index contributed by atoms with van der Waals surface area (Å²) >= 11 is 0. The molecule has 9 heteroatoms. The van der Waals surface area contributed by atoms with Crippen molar-refractivity contribution in [3.05, 3.63) is 66.0 Å². The van der Waals surface area contributed by atoms with Gasteiger partial charge in [0.25, 0.3) is 5.91 Å². The second-order valence-electron chi connectivity index (χ2n) is 8.14. The summed E-state index contributed by atoms with van der Waals surface area (Å²) in [7, 11) is 4.89. The van der Waals surface area contributed by atoms with Crippen LogP contribution >= 0.6 is 0 Å². The van der Waals surface area contributed by atoms with Gasteiger partial charge in [-0.05, 0) is 24.6 Å². The lowest BCUT2D eigenvalue weighted by atomic mass is 10.1. The number of methoxy groups -OCH3 is 2. The van der Waals surface area contributed by atoms with Gasteiger partial charge in [0.05, 0.1) is 26.5 Å². The molecule has 33 heavy (non-hydrogen) atoms. The molecule has 2 atom stereocenters. The summed E-state index contributed by atoms with van der Waals surface area (Å²) < 4.78 is 11.0. The van der Waals surface area contributed by atoms with Crippen LogP contribution in [0.1, 0.15) is 12.5 Å². The number of guanidine groups is 1. The summed E-state index contributed by atoms with van der Waals surface area (Å²) in [5.74, 6) is 1.62. The van der Waals surface area contributed by atoms with E-state index in [1.54, 1.807) is 21.3 Å². The lowest BCUT2D eigenvalue weighted by molar-refractivity contribution is -0.137. The standard InChI is InChI=1S/C24H25N5O4/c1-15-13-27-20-21(25-23(27)29(15)18-12-17(32-3)10-11-19(18)33-4)26(2)24(31)28(22(20)30)14-16-8-6-5-7-9-16/h5-13,20-21H,14H2,1-4H3. The number of amides is 3. The van der Waals surface area contributed by atoms with E-state index in [1.165, 1.54) is 9.80 Å². The van der Waals surface area contributed by atoms with Gasteiger partial charge in [0, 0.05) is 25.0 Å². The van der Waals surface area contributed by atoms with Crippen molar-refractivity contribution in [2.75, 3.05) is 26.2 Å². The summed E-state index contributed by atoms with van der Waals surface area (Å²) in [6.07, 6.45) is 1.28. The molecule has 3 aliphatic heterocycles. The van der Waals surface area contributed by atoms with E-state index in [0.29, 0.717) is 17.5 Å². The van der Waals surface area contributed by atoms with Gasteiger partial charge in [-0.15, -0.1) is 0 Å². The number of benzene rings is 2. The monoisotopic (exact) mass is 447 g/mol. The quantitative estimate of drug-likeness (QED) is 0.702. The van der Waals surface area contributed by atoms with Crippen LogP contribution in [0.15, 0.2) is 65.4 Å². The van der Waals surface area contributed by atoms with Gasteiger partial charge in [-0.3, -0.25) is 14.6 Å². The number of carbonyl (C=O) groups is 2. The van der Waals surface area contributed by atoms with E-state index in [2.05, 4.69) is 0 Å². The number of aliphatic imine (C=N–C) groups is 1. The first-order chi connectivity index (χ1) is 15.9. The van der Waals surface area contributed by atoms with Crippen LogP contribution in [0.3, 0.4) is 0 Å². The number of rotatable bonds is 5. The van der Waals surface area contributed by atoms with Gasteiger partial charge in [-0.2, -0.15) is 0 Å². The Morgan fingerprint density at radius 1 is 1.03 bits per heavy atom. The van der Waals surface area contributed by atoms with Gasteiger partial charge < -0.3 is 19.3 Å². The minimum absolute atomic E-state index is 0.214. The molecule has 2 unspecified atom stereocenters. The zero-order chi connectivity index (χ0) is 23.3. The minimum Gasteiger partial charge on any atom is -0.497 e. The third kappa shape index (κ3) is 3.19. The molecule has 5 rings (SSSR count). The van der Waals surface area contributed by atoms with E-state index in [4.69, 9.17) is 14.5 Å². The lowest BCUT2D eigenvalue weighted by Gasteiger charge is -2.40. The Morgan fingerprint density at radius 3 is 2.48 bits per heavy atom. The zero-order valence-corrected chi connectivity index (χ0v) is 18.9. The van der Waals surface area contributed by atoms with Crippen LogP contribution in [0.2, 0.25) is 0 Å². The van der Waals surface area contributed by atoms with Crippen molar-refractivity contribution in [2.24, 2.45) is 4.99 Å². The predicted molar refractivity (Wildman–Crippen MR) is 123 cm³/mol. The van der Waals surface area contributed by atoms with Crippen molar-refractivity contribution in [1.82, 2.24) is 14.7 Å². The molecule has 0 spiro atoms. The van der Waals surface area contributed by atoms with E-state index >= 15 is 0 Å². The fourth-order valence-electron chi connectivity index (χ4n) is 4.53. The molecular formula is C24H25N5O4. The zero-order valence-electron chi connectivity index (χ0n) is 18.9. The Morgan fingerprint density at radius 2 is 1.79 bits per heavy atom. The number of hydrogen-bond acceptors (Lipinski definition) is 7. The first-order valence-corrected chi connectivity index (χ1v) is 10.6. The SMILES string of the molecule is COc1ccc(OC)c(N2C(C)=CN3C2=NC2C3C(=O)N(Cc3ccccc3)C(=O)N2C)c1. The fraction of sp³-hybridized carbons (Fsp3) is 0.292. The van der Waals surface area contributed by atoms with Gasteiger partial charge in [-0.1, -0.05) is 30.3 Å². The summed E-state index contributed by atoms with van der Waals surface area (Å²) in [5.41, 5.74) is 2.51. The minimum atomic E-state index is -0.636. The van der Waals surface area contributed by atoms with Crippen LogP contribution in [0, 0.1) is 0 Å². The summed E-state index contributed by atoms with van der Waals surface area (Å²) in [5, 5.41) is 0. The number of allylic oxidation sites excluding steroid dienone is 1. The van der Waals surface area contributed by atoms with Crippen molar-refractivity contribution in [3.8, 4) is 11.5 Å². The van der Waals surface area contributed by atoms with Crippen LogP contribution in [0.25, 0.3) is 0 Å². The summed E-state index contributed by atoms with van der Waals surface area (Å²) in [6.45, 7) is 2.16. The van der Waals surface area contributed by atoms with Crippen LogP contribution in [-0.2, 0) is 11.3 Å². The van der Waals surface area contributed by atoms with Gasteiger partial charge in [0.2, 0.25) is 5.96 Å². The highest BCUT2D eigenvalue weighted by Gasteiger charge is 2.54. The molecule has 170 valence electrons. The summed E-state index contributed by atoms with van der Waals surface area (Å²) in [4.78, 5) is 38.0. The maximum Gasteiger partial charge on any atom is 0.328 e. The Hall–Kier alpha value is -4.01. The molecule has 0 aromatic heterocycles. The number of ether oxygens (including phenoxy) is 2. The van der Waals surface area contributed by atoms with Gasteiger partial charge in [0.15, 0.2) is 12.2 Å². The van der Waals surface area contributed by atoms with Crippen LogP contribution in [0.4, 0.5) is 10.5 Å². The molecule has 1 fully saturated rings. The molecule has 0 bridgehead atoms. The van der Waals surface area contributed by atoms with Crippen molar-refractivity contribution < 1.29 is 19.1 Å². The number of anilines is 1. The highest BCUT2D eigenvalue weighted by atomic mass is 16.5. The third-order valence-electron chi connectivity index (χ3n) is 6.20. The van der Waals surface area contributed by atoms with E-state index < -0.39 is 12.2 Å². The second-order valence-corrected chi connectivity index (χ2v) is 8.14. The lowest BCUT2D eigenvalue weighted by Crippen LogP contribution is -2.63. The van der Waals surface area contributed by atoms with Crippen molar-refractivity contribution in [3.63, 3.8) is 0 Å². The largest absolute Gasteiger partial charge is 0.497 e. The number of hydrogen-bond donors (Lipinski definition) is 0. The third-order valence-corrected chi connectivity index (χ3v) is 6.20. The molecule has 0 radical (unpaired) electrons. The van der Waals surface area contributed by atoms with Crippen LogP contribution < -0.4 is 14.4 Å². The Balaban J connectivity index is 1.51. The van der Waals surface area contributed by atoms with E-state index in [9.17, 15) is 9.59 Å². The molecule has 2 aromatic carbocycles. The molecule has 0 N–H and O–H groups in total. The maximum absolute atomic E-state index is 13.6. The van der Waals surface area contributed by atoms with Crippen molar-refractivity contribution >= 4 is 23.6 Å². The van der Waals surface area contributed by atoms with Gasteiger partial charge in [-0.25, -0.2) is 9.79 Å². The van der Waals surface area contributed by atoms with Crippen LogP contribution in [-0.4, -0.2) is 66.1 Å². The molecule has 9 nitrogen and oxygen atoms in total. The topological polar surface area (TPSA) is 77.9 Å². The normalized spacial score (nSPS) is 21.7. The highest BCUT2D eigenvalue weighted by Crippen LogP contribution is 2.41. The smallest absolute Gasteiger partial charge is 0.328 e. The number of fused-ring (bicyclic) bond motifs is 3. The molecule has 3 heterocycles.